The van der Waals surface area contributed by atoms with Crippen LogP contribution >= 0.6 is 0 Å². The molecule has 4 rings (SSSR count). The van der Waals surface area contributed by atoms with E-state index < -0.39 is 0 Å². The SMILES string of the molecule is COc1cc(/C=C2\C(=O)N(c3ccccc3)N=C2C2CC2)ccc1O. The van der Waals surface area contributed by atoms with Crippen LogP contribution in [0.4, 0.5) is 5.69 Å². The van der Waals surface area contributed by atoms with Gasteiger partial charge in [-0.3, -0.25) is 4.79 Å². The number of carbonyl (C=O) groups is 1. The van der Waals surface area contributed by atoms with E-state index in [0.29, 0.717) is 17.2 Å². The number of hydrazone groups is 1. The van der Waals surface area contributed by atoms with E-state index in [-0.39, 0.29) is 11.7 Å². The fourth-order valence-electron chi connectivity index (χ4n) is 2.92. The molecule has 5 heteroatoms. The zero-order valence-corrected chi connectivity index (χ0v) is 13.8. The van der Waals surface area contributed by atoms with Crippen molar-refractivity contribution in [3.8, 4) is 11.5 Å². The smallest absolute Gasteiger partial charge is 0.280 e. The molecular weight excluding hydrogens is 316 g/mol. The molecule has 0 saturated heterocycles. The van der Waals surface area contributed by atoms with Gasteiger partial charge in [-0.1, -0.05) is 24.3 Å². The Bertz CT molecular complexity index is 883. The highest BCUT2D eigenvalue weighted by atomic mass is 16.5. The predicted octanol–water partition coefficient (Wildman–Crippen LogP) is 3.60. The maximum atomic E-state index is 12.9. The molecule has 126 valence electrons. The van der Waals surface area contributed by atoms with E-state index in [1.165, 1.54) is 12.1 Å². The Morgan fingerprint density at radius 2 is 1.96 bits per heavy atom. The van der Waals surface area contributed by atoms with Gasteiger partial charge in [-0.2, -0.15) is 10.1 Å². The minimum atomic E-state index is -0.125. The Hall–Kier alpha value is -3.08. The molecule has 1 N–H and O–H groups in total. The molecule has 25 heavy (non-hydrogen) atoms. The van der Waals surface area contributed by atoms with Crippen LogP contribution in [-0.4, -0.2) is 23.8 Å². The molecule has 0 aromatic heterocycles. The molecule has 1 amide bonds. The van der Waals surface area contributed by atoms with E-state index in [0.717, 1.165) is 29.8 Å². The minimum absolute atomic E-state index is 0.0735. The van der Waals surface area contributed by atoms with Crippen LogP contribution in [0.3, 0.4) is 0 Å². The molecule has 0 bridgehead atoms. The molecule has 5 nitrogen and oxygen atoms in total. The Labute approximate surface area is 145 Å². The van der Waals surface area contributed by atoms with Crippen molar-refractivity contribution in [2.75, 3.05) is 12.1 Å². The first-order chi connectivity index (χ1) is 12.2. The first-order valence-corrected chi connectivity index (χ1v) is 8.24. The van der Waals surface area contributed by atoms with Gasteiger partial charge >= 0.3 is 0 Å². The summed E-state index contributed by atoms with van der Waals surface area (Å²) in [7, 11) is 1.50. The summed E-state index contributed by atoms with van der Waals surface area (Å²) in [6.07, 6.45) is 3.94. The third kappa shape index (κ3) is 2.89. The second kappa shape index (κ2) is 6.09. The number of phenols is 1. The number of ether oxygens (including phenoxy) is 1. The monoisotopic (exact) mass is 334 g/mol. The van der Waals surface area contributed by atoms with Crippen LogP contribution in [0.1, 0.15) is 18.4 Å². The molecule has 1 saturated carbocycles. The van der Waals surface area contributed by atoms with Gasteiger partial charge in [0.05, 0.1) is 24.1 Å². The maximum absolute atomic E-state index is 12.9. The highest BCUT2D eigenvalue weighted by Crippen LogP contribution is 2.38. The number of anilines is 1. The van der Waals surface area contributed by atoms with E-state index in [4.69, 9.17) is 4.74 Å². The lowest BCUT2D eigenvalue weighted by molar-refractivity contribution is -0.114. The minimum Gasteiger partial charge on any atom is -0.504 e. The largest absolute Gasteiger partial charge is 0.504 e. The van der Waals surface area contributed by atoms with Gasteiger partial charge in [0, 0.05) is 5.92 Å². The van der Waals surface area contributed by atoms with E-state index in [2.05, 4.69) is 5.10 Å². The molecule has 2 aromatic rings. The number of hydrogen-bond acceptors (Lipinski definition) is 4. The Balaban J connectivity index is 1.73. The van der Waals surface area contributed by atoms with E-state index in [9.17, 15) is 9.90 Å². The van der Waals surface area contributed by atoms with E-state index >= 15 is 0 Å². The van der Waals surface area contributed by atoms with Gasteiger partial charge in [-0.15, -0.1) is 0 Å². The molecule has 2 aliphatic rings. The maximum Gasteiger partial charge on any atom is 0.280 e. The molecule has 0 unspecified atom stereocenters. The molecule has 2 aromatic carbocycles. The third-order valence-electron chi connectivity index (χ3n) is 4.39. The number of nitrogens with zero attached hydrogens (tertiary/aromatic N) is 2. The Morgan fingerprint density at radius 3 is 2.64 bits per heavy atom. The summed E-state index contributed by atoms with van der Waals surface area (Å²) in [6.45, 7) is 0. The van der Waals surface area contributed by atoms with Crippen molar-refractivity contribution in [1.82, 2.24) is 0 Å². The average Bonchev–Trinajstić information content (AvgIpc) is 3.43. The number of para-hydroxylation sites is 1. The second-order valence-corrected chi connectivity index (χ2v) is 6.20. The fourth-order valence-corrected chi connectivity index (χ4v) is 2.92. The normalized spacial score (nSPS) is 18.6. The number of rotatable bonds is 4. The standard InChI is InChI=1S/C20H18N2O3/c1-25-18-12-13(7-10-17(18)23)11-16-19(14-8-9-14)21-22(20(16)24)15-5-3-2-4-6-15/h2-7,10-12,14,23H,8-9H2,1H3/b16-11-. The summed E-state index contributed by atoms with van der Waals surface area (Å²) in [4.78, 5) is 12.9. The van der Waals surface area contributed by atoms with Crippen molar-refractivity contribution in [3.63, 3.8) is 0 Å². The lowest BCUT2D eigenvalue weighted by atomic mass is 10.0. The molecule has 0 radical (unpaired) electrons. The lowest BCUT2D eigenvalue weighted by Gasteiger charge is -2.11. The Morgan fingerprint density at radius 1 is 1.20 bits per heavy atom. The number of phenolic OH excluding ortho intramolecular Hbond substituents is 1. The van der Waals surface area contributed by atoms with Gasteiger partial charge in [0.15, 0.2) is 11.5 Å². The summed E-state index contributed by atoms with van der Waals surface area (Å²) in [6, 6.07) is 14.5. The lowest BCUT2D eigenvalue weighted by Crippen LogP contribution is -2.21. The molecule has 1 aliphatic heterocycles. The fraction of sp³-hybridized carbons (Fsp3) is 0.200. The summed E-state index contributed by atoms with van der Waals surface area (Å²) in [5, 5.41) is 15.8. The van der Waals surface area contributed by atoms with Crippen LogP contribution in [0.2, 0.25) is 0 Å². The van der Waals surface area contributed by atoms with Gasteiger partial charge in [0.2, 0.25) is 0 Å². The zero-order valence-electron chi connectivity index (χ0n) is 13.8. The van der Waals surface area contributed by atoms with Crippen molar-refractivity contribution in [2.24, 2.45) is 11.0 Å². The topological polar surface area (TPSA) is 62.1 Å². The van der Waals surface area contributed by atoms with Crippen LogP contribution in [-0.2, 0) is 4.79 Å². The van der Waals surface area contributed by atoms with Crippen LogP contribution in [0.25, 0.3) is 6.08 Å². The first kappa shape index (κ1) is 15.4. The van der Waals surface area contributed by atoms with Gasteiger partial charge in [-0.25, -0.2) is 0 Å². The number of hydrogen-bond donors (Lipinski definition) is 1. The van der Waals surface area contributed by atoms with Crippen molar-refractivity contribution in [1.29, 1.82) is 0 Å². The molecule has 1 heterocycles. The van der Waals surface area contributed by atoms with Gasteiger partial charge in [0.1, 0.15) is 0 Å². The van der Waals surface area contributed by atoms with Crippen molar-refractivity contribution >= 4 is 23.4 Å². The van der Waals surface area contributed by atoms with Gasteiger partial charge in [0.25, 0.3) is 5.91 Å². The molecule has 0 atom stereocenters. The van der Waals surface area contributed by atoms with Crippen molar-refractivity contribution in [3.05, 3.63) is 59.7 Å². The van der Waals surface area contributed by atoms with Gasteiger partial charge < -0.3 is 9.84 Å². The van der Waals surface area contributed by atoms with E-state index in [1.54, 1.807) is 18.2 Å². The van der Waals surface area contributed by atoms with Crippen LogP contribution in [0, 0.1) is 5.92 Å². The van der Waals surface area contributed by atoms with Gasteiger partial charge in [-0.05, 0) is 48.7 Å². The number of amides is 1. The second-order valence-electron chi connectivity index (χ2n) is 6.20. The van der Waals surface area contributed by atoms with E-state index in [1.807, 2.05) is 36.4 Å². The third-order valence-corrected chi connectivity index (χ3v) is 4.39. The first-order valence-electron chi connectivity index (χ1n) is 8.24. The molecule has 1 fully saturated rings. The average molecular weight is 334 g/mol. The zero-order chi connectivity index (χ0) is 17.4. The summed E-state index contributed by atoms with van der Waals surface area (Å²) < 4.78 is 5.15. The summed E-state index contributed by atoms with van der Waals surface area (Å²) in [5.74, 6) is 0.678. The highest BCUT2D eigenvalue weighted by molar-refractivity contribution is 6.33. The molecule has 0 spiro atoms. The van der Waals surface area contributed by atoms with Crippen LogP contribution in [0.15, 0.2) is 59.2 Å². The highest BCUT2D eigenvalue weighted by Gasteiger charge is 2.39. The van der Waals surface area contributed by atoms with Crippen molar-refractivity contribution in [2.45, 2.75) is 12.8 Å². The molecule has 1 aliphatic carbocycles. The number of aromatic hydroxyl groups is 1. The molecular formula is C20H18N2O3. The Kier molecular flexibility index (Phi) is 3.76. The number of carbonyl (C=O) groups excluding carboxylic acids is 1. The van der Waals surface area contributed by atoms with Crippen molar-refractivity contribution < 1.29 is 14.6 Å². The predicted molar refractivity (Wildman–Crippen MR) is 96.7 cm³/mol. The summed E-state index contributed by atoms with van der Waals surface area (Å²) in [5.41, 5.74) is 3.01. The number of benzene rings is 2. The van der Waals surface area contributed by atoms with Crippen LogP contribution in [0.5, 0.6) is 11.5 Å². The number of methoxy groups -OCH3 is 1. The summed E-state index contributed by atoms with van der Waals surface area (Å²) >= 11 is 0. The quantitative estimate of drug-likeness (QED) is 0.869. The van der Waals surface area contributed by atoms with Crippen LogP contribution < -0.4 is 9.75 Å².